The van der Waals surface area contributed by atoms with Crippen molar-refractivity contribution in [3.05, 3.63) is 35.4 Å². The quantitative estimate of drug-likeness (QED) is 0.798. The molecular formula is C14H24N2. The molecule has 0 aliphatic rings. The van der Waals surface area contributed by atoms with Gasteiger partial charge in [-0.3, -0.25) is 0 Å². The van der Waals surface area contributed by atoms with Crippen LogP contribution in [0, 0.1) is 6.92 Å². The molecule has 1 unspecified atom stereocenters. The van der Waals surface area contributed by atoms with Crippen LogP contribution < -0.4 is 5.73 Å². The third-order valence-corrected chi connectivity index (χ3v) is 2.91. The maximum Gasteiger partial charge on any atom is 0.0424 e. The average Bonchev–Trinajstić information content (AvgIpc) is 2.28. The van der Waals surface area contributed by atoms with Gasteiger partial charge < -0.3 is 10.6 Å². The fraction of sp³-hybridized carbons (Fsp3) is 0.571. The van der Waals surface area contributed by atoms with Crippen molar-refractivity contribution in [1.82, 2.24) is 4.90 Å². The summed E-state index contributed by atoms with van der Waals surface area (Å²) in [6.07, 6.45) is 1.19. The predicted octanol–water partition coefficient (Wildman–Crippen LogP) is 2.73. The van der Waals surface area contributed by atoms with Crippen molar-refractivity contribution in [1.29, 1.82) is 0 Å². The molecule has 0 aliphatic carbocycles. The van der Waals surface area contributed by atoms with Crippen LogP contribution in [0.4, 0.5) is 0 Å². The number of benzene rings is 1. The number of nitrogens with two attached hydrogens (primary N) is 1. The van der Waals surface area contributed by atoms with Crippen molar-refractivity contribution in [2.75, 3.05) is 19.6 Å². The molecule has 0 aliphatic heterocycles. The molecule has 0 saturated carbocycles. The van der Waals surface area contributed by atoms with Crippen LogP contribution in [0.5, 0.6) is 0 Å². The van der Waals surface area contributed by atoms with E-state index in [0.717, 1.165) is 19.6 Å². The van der Waals surface area contributed by atoms with Crippen LogP contribution >= 0.6 is 0 Å². The summed E-state index contributed by atoms with van der Waals surface area (Å²) in [5, 5.41) is 0. The van der Waals surface area contributed by atoms with Crippen LogP contribution in [0.15, 0.2) is 24.3 Å². The summed E-state index contributed by atoms with van der Waals surface area (Å²) in [7, 11) is 0. The van der Waals surface area contributed by atoms with Crippen LogP contribution in [-0.4, -0.2) is 24.5 Å². The van der Waals surface area contributed by atoms with Crippen LogP contribution in [0.1, 0.15) is 37.4 Å². The number of hydrogen-bond donors (Lipinski definition) is 1. The second-order valence-electron chi connectivity index (χ2n) is 4.41. The summed E-state index contributed by atoms with van der Waals surface area (Å²) in [4.78, 5) is 2.41. The normalized spacial score (nSPS) is 13.1. The van der Waals surface area contributed by atoms with Crippen LogP contribution in [0.25, 0.3) is 0 Å². The second-order valence-corrected chi connectivity index (χ2v) is 4.41. The molecule has 0 spiro atoms. The van der Waals surface area contributed by atoms with Crippen molar-refractivity contribution in [3.63, 3.8) is 0 Å². The lowest BCUT2D eigenvalue weighted by atomic mass is 10.0. The van der Waals surface area contributed by atoms with Gasteiger partial charge in [0.05, 0.1) is 0 Å². The molecule has 0 bridgehead atoms. The molecule has 0 fully saturated rings. The number of rotatable bonds is 6. The molecule has 2 heteroatoms. The Morgan fingerprint density at radius 1 is 1.31 bits per heavy atom. The summed E-state index contributed by atoms with van der Waals surface area (Å²) in [6.45, 7) is 9.68. The van der Waals surface area contributed by atoms with Crippen molar-refractivity contribution in [2.24, 2.45) is 5.73 Å². The molecule has 0 saturated heterocycles. The Morgan fingerprint density at radius 2 is 2.06 bits per heavy atom. The van der Waals surface area contributed by atoms with Crippen molar-refractivity contribution in [3.8, 4) is 0 Å². The van der Waals surface area contributed by atoms with Gasteiger partial charge >= 0.3 is 0 Å². The van der Waals surface area contributed by atoms with Crippen LogP contribution in [0.3, 0.4) is 0 Å². The van der Waals surface area contributed by atoms with Gasteiger partial charge in [0.1, 0.15) is 0 Å². The van der Waals surface area contributed by atoms with E-state index in [4.69, 9.17) is 5.73 Å². The number of hydrogen-bond acceptors (Lipinski definition) is 2. The lowest BCUT2D eigenvalue weighted by molar-refractivity contribution is 0.271. The second kappa shape index (κ2) is 6.66. The Kier molecular flexibility index (Phi) is 5.50. The fourth-order valence-electron chi connectivity index (χ4n) is 1.98. The first-order valence-corrected chi connectivity index (χ1v) is 6.21. The third kappa shape index (κ3) is 3.95. The minimum absolute atomic E-state index is 0.131. The lowest BCUT2D eigenvalue weighted by Gasteiger charge is -2.24. The molecular weight excluding hydrogens is 196 g/mol. The largest absolute Gasteiger partial charge is 0.323 e. The molecule has 0 heterocycles. The summed E-state index contributed by atoms with van der Waals surface area (Å²) in [5.74, 6) is 0. The predicted molar refractivity (Wildman–Crippen MR) is 70.5 cm³/mol. The maximum atomic E-state index is 6.23. The van der Waals surface area contributed by atoms with Gasteiger partial charge in [-0.15, -0.1) is 0 Å². The molecule has 1 aromatic rings. The molecule has 16 heavy (non-hydrogen) atoms. The molecule has 1 atom stereocenters. The van der Waals surface area contributed by atoms with E-state index in [1.807, 2.05) is 0 Å². The zero-order valence-corrected chi connectivity index (χ0v) is 10.7. The van der Waals surface area contributed by atoms with Crippen LogP contribution in [0.2, 0.25) is 0 Å². The van der Waals surface area contributed by atoms with E-state index in [1.165, 1.54) is 17.5 Å². The Hall–Kier alpha value is -0.860. The van der Waals surface area contributed by atoms with Gasteiger partial charge in [-0.1, -0.05) is 43.7 Å². The number of aryl methyl sites for hydroxylation is 1. The smallest absolute Gasteiger partial charge is 0.0424 e. The highest BCUT2D eigenvalue weighted by Crippen LogP contribution is 2.13. The van der Waals surface area contributed by atoms with E-state index in [-0.39, 0.29) is 6.04 Å². The zero-order chi connectivity index (χ0) is 12.0. The van der Waals surface area contributed by atoms with Gasteiger partial charge in [0.2, 0.25) is 0 Å². The van der Waals surface area contributed by atoms with Gasteiger partial charge in [-0.25, -0.2) is 0 Å². The van der Waals surface area contributed by atoms with E-state index in [2.05, 4.69) is 49.9 Å². The average molecular weight is 220 g/mol. The first-order chi connectivity index (χ1) is 7.67. The molecule has 1 rings (SSSR count). The summed E-state index contributed by atoms with van der Waals surface area (Å²) in [5.41, 5.74) is 8.76. The summed E-state index contributed by atoms with van der Waals surface area (Å²) >= 11 is 0. The van der Waals surface area contributed by atoms with Gasteiger partial charge in [-0.2, -0.15) is 0 Å². The van der Waals surface area contributed by atoms with Crippen LogP contribution in [-0.2, 0) is 0 Å². The number of nitrogens with zero attached hydrogens (tertiary/aromatic N) is 1. The Balaban J connectivity index is 2.60. The van der Waals surface area contributed by atoms with E-state index >= 15 is 0 Å². The van der Waals surface area contributed by atoms with E-state index in [1.54, 1.807) is 0 Å². The van der Waals surface area contributed by atoms with Crippen molar-refractivity contribution < 1.29 is 0 Å². The first-order valence-electron chi connectivity index (χ1n) is 6.21. The van der Waals surface area contributed by atoms with Crippen molar-refractivity contribution >= 4 is 0 Å². The monoisotopic (exact) mass is 220 g/mol. The molecule has 2 N–H and O–H groups in total. The highest BCUT2D eigenvalue weighted by atomic mass is 15.1. The topological polar surface area (TPSA) is 29.3 Å². The third-order valence-electron chi connectivity index (χ3n) is 2.91. The molecule has 0 amide bonds. The maximum absolute atomic E-state index is 6.23. The van der Waals surface area contributed by atoms with Gasteiger partial charge in [0, 0.05) is 12.6 Å². The zero-order valence-electron chi connectivity index (χ0n) is 10.7. The Labute approximate surface area is 99.5 Å². The van der Waals surface area contributed by atoms with E-state index in [9.17, 15) is 0 Å². The van der Waals surface area contributed by atoms with Gasteiger partial charge in [0.15, 0.2) is 0 Å². The van der Waals surface area contributed by atoms with Crippen molar-refractivity contribution in [2.45, 2.75) is 33.2 Å². The lowest BCUT2D eigenvalue weighted by Crippen LogP contribution is -2.32. The highest BCUT2D eigenvalue weighted by Gasteiger charge is 2.10. The molecule has 2 nitrogen and oxygen atoms in total. The molecule has 1 aromatic carbocycles. The fourth-order valence-corrected chi connectivity index (χ4v) is 1.98. The minimum Gasteiger partial charge on any atom is -0.323 e. The Bertz CT molecular complexity index is 309. The van der Waals surface area contributed by atoms with E-state index in [0.29, 0.717) is 0 Å². The molecule has 90 valence electrons. The van der Waals surface area contributed by atoms with E-state index < -0.39 is 0 Å². The highest BCUT2D eigenvalue weighted by molar-refractivity contribution is 5.25. The standard InChI is InChI=1S/C14H24N2/c1-4-9-16(5-2)11-14(15)13-8-6-7-12(3)10-13/h6-8,10,14H,4-5,9,11,15H2,1-3H3. The summed E-state index contributed by atoms with van der Waals surface area (Å²) < 4.78 is 0. The first kappa shape index (κ1) is 13.2. The van der Waals surface area contributed by atoms with Gasteiger partial charge in [-0.05, 0) is 32.0 Å². The van der Waals surface area contributed by atoms with Gasteiger partial charge in [0.25, 0.3) is 0 Å². The molecule has 0 radical (unpaired) electrons. The minimum atomic E-state index is 0.131. The summed E-state index contributed by atoms with van der Waals surface area (Å²) in [6, 6.07) is 8.63. The Morgan fingerprint density at radius 3 is 2.62 bits per heavy atom. The number of likely N-dealkylation sites (N-methyl/N-ethyl adjacent to an activating group) is 1. The molecule has 0 aromatic heterocycles. The SMILES string of the molecule is CCCN(CC)CC(N)c1cccc(C)c1.